The lowest BCUT2D eigenvalue weighted by atomic mass is 10.1. The fourth-order valence-corrected chi connectivity index (χ4v) is 3.02. The van der Waals surface area contributed by atoms with Crippen LogP contribution in [-0.2, 0) is 6.54 Å². The van der Waals surface area contributed by atoms with Gasteiger partial charge in [0.1, 0.15) is 0 Å². The van der Waals surface area contributed by atoms with Crippen LogP contribution < -0.4 is 0 Å². The highest BCUT2D eigenvalue weighted by Crippen LogP contribution is 2.17. The number of benzene rings is 1. The molecular formula is C16H26N2S. The predicted octanol–water partition coefficient (Wildman–Crippen LogP) is 3.32. The minimum Gasteiger partial charge on any atom is -0.298 e. The third-order valence-corrected chi connectivity index (χ3v) is 4.93. The van der Waals surface area contributed by atoms with Gasteiger partial charge in [0.15, 0.2) is 0 Å². The molecule has 1 aromatic rings. The van der Waals surface area contributed by atoms with Crippen molar-refractivity contribution in [1.29, 1.82) is 0 Å². The van der Waals surface area contributed by atoms with Crippen molar-refractivity contribution in [3.8, 4) is 0 Å². The molecule has 0 saturated carbocycles. The monoisotopic (exact) mass is 278 g/mol. The third kappa shape index (κ3) is 4.23. The lowest BCUT2D eigenvalue weighted by molar-refractivity contribution is 0.0963. The topological polar surface area (TPSA) is 6.48 Å². The number of rotatable bonds is 5. The smallest absolute Gasteiger partial charge is 0.0234 e. The summed E-state index contributed by atoms with van der Waals surface area (Å²) in [6, 6.07) is 9.74. The van der Waals surface area contributed by atoms with Gasteiger partial charge in [0.25, 0.3) is 0 Å². The molecule has 0 spiro atoms. The Morgan fingerprint density at radius 2 is 1.74 bits per heavy atom. The van der Waals surface area contributed by atoms with E-state index in [-0.39, 0.29) is 0 Å². The van der Waals surface area contributed by atoms with Crippen LogP contribution in [0.4, 0.5) is 0 Å². The molecule has 0 unspecified atom stereocenters. The molecule has 106 valence electrons. The molecule has 1 heterocycles. The molecule has 2 rings (SSSR count). The Morgan fingerprint density at radius 3 is 2.26 bits per heavy atom. The quantitative estimate of drug-likeness (QED) is 0.763. The van der Waals surface area contributed by atoms with Gasteiger partial charge in [-0.25, -0.2) is 0 Å². The van der Waals surface area contributed by atoms with Gasteiger partial charge < -0.3 is 0 Å². The van der Waals surface area contributed by atoms with Crippen molar-refractivity contribution in [2.75, 3.05) is 32.4 Å². The summed E-state index contributed by atoms with van der Waals surface area (Å²) < 4.78 is 0. The fraction of sp³-hybridized carbons (Fsp3) is 0.625. The van der Waals surface area contributed by atoms with E-state index in [0.717, 1.165) is 12.6 Å². The van der Waals surface area contributed by atoms with Crippen molar-refractivity contribution in [1.82, 2.24) is 9.80 Å². The van der Waals surface area contributed by atoms with Gasteiger partial charge in [0.05, 0.1) is 0 Å². The zero-order chi connectivity index (χ0) is 13.7. The van der Waals surface area contributed by atoms with Gasteiger partial charge in [-0.15, -0.1) is 11.8 Å². The summed E-state index contributed by atoms with van der Waals surface area (Å²) in [4.78, 5) is 6.55. The van der Waals surface area contributed by atoms with Crippen molar-refractivity contribution in [2.45, 2.75) is 37.8 Å². The van der Waals surface area contributed by atoms with Crippen LogP contribution in [0.25, 0.3) is 0 Å². The molecule has 0 bridgehead atoms. The van der Waals surface area contributed by atoms with Crippen LogP contribution in [-0.4, -0.2) is 48.3 Å². The Balaban J connectivity index is 1.81. The maximum atomic E-state index is 2.62. The van der Waals surface area contributed by atoms with E-state index >= 15 is 0 Å². The number of piperazine rings is 1. The molecule has 0 aliphatic carbocycles. The summed E-state index contributed by atoms with van der Waals surface area (Å²) in [5.41, 5.74) is 1.44. The van der Waals surface area contributed by atoms with Gasteiger partial charge in [-0.3, -0.25) is 9.80 Å². The van der Waals surface area contributed by atoms with E-state index in [9.17, 15) is 0 Å². The van der Waals surface area contributed by atoms with Crippen LogP contribution in [0.1, 0.15) is 25.8 Å². The first kappa shape index (κ1) is 14.9. The highest BCUT2D eigenvalue weighted by molar-refractivity contribution is 7.98. The van der Waals surface area contributed by atoms with Gasteiger partial charge in [0, 0.05) is 43.7 Å². The Labute approximate surface area is 122 Å². The molecule has 1 aliphatic rings. The molecular weight excluding hydrogens is 252 g/mol. The average Bonchev–Trinajstić information content (AvgIpc) is 2.48. The Morgan fingerprint density at radius 1 is 1.11 bits per heavy atom. The first-order valence-corrected chi connectivity index (χ1v) is 8.54. The zero-order valence-electron chi connectivity index (χ0n) is 12.4. The van der Waals surface area contributed by atoms with Crippen LogP contribution in [0.3, 0.4) is 0 Å². The van der Waals surface area contributed by atoms with E-state index in [0.29, 0.717) is 0 Å². The second kappa shape index (κ2) is 7.32. The molecule has 3 heteroatoms. The minimum absolute atomic E-state index is 0.739. The summed E-state index contributed by atoms with van der Waals surface area (Å²) in [5, 5.41) is 0. The average molecular weight is 278 g/mol. The van der Waals surface area contributed by atoms with Crippen LogP contribution in [0.5, 0.6) is 0 Å². The van der Waals surface area contributed by atoms with Crippen LogP contribution in [0.15, 0.2) is 29.2 Å². The van der Waals surface area contributed by atoms with Crippen molar-refractivity contribution in [2.24, 2.45) is 0 Å². The van der Waals surface area contributed by atoms with E-state index < -0.39 is 0 Å². The molecule has 1 aliphatic heterocycles. The molecule has 1 aromatic carbocycles. The number of hydrogen-bond donors (Lipinski definition) is 0. The second-order valence-corrected chi connectivity index (χ2v) is 6.30. The Kier molecular flexibility index (Phi) is 5.74. The molecule has 2 nitrogen and oxygen atoms in total. The van der Waals surface area contributed by atoms with E-state index in [4.69, 9.17) is 0 Å². The maximum Gasteiger partial charge on any atom is 0.0234 e. The lowest BCUT2D eigenvalue weighted by Crippen LogP contribution is -2.48. The van der Waals surface area contributed by atoms with Gasteiger partial charge >= 0.3 is 0 Å². The van der Waals surface area contributed by atoms with E-state index in [2.05, 4.69) is 54.2 Å². The molecule has 19 heavy (non-hydrogen) atoms. The number of nitrogens with zero attached hydrogens (tertiary/aromatic N) is 2. The second-order valence-electron chi connectivity index (χ2n) is 5.42. The predicted molar refractivity (Wildman–Crippen MR) is 84.8 cm³/mol. The van der Waals surface area contributed by atoms with Crippen LogP contribution in [0, 0.1) is 0 Å². The molecule has 1 fully saturated rings. The van der Waals surface area contributed by atoms with E-state index in [1.165, 1.54) is 43.1 Å². The largest absolute Gasteiger partial charge is 0.298 e. The van der Waals surface area contributed by atoms with Crippen molar-refractivity contribution in [3.05, 3.63) is 29.8 Å². The summed E-state index contributed by atoms with van der Waals surface area (Å²) in [6.07, 6.45) is 3.39. The number of hydrogen-bond acceptors (Lipinski definition) is 3. The standard InChI is InChI=1S/C16H26N2S/c1-4-14(2)18-11-9-17(10-12-18)13-15-5-7-16(19-3)8-6-15/h5-8,14H,4,9-13H2,1-3H3/t14-/m1/s1. The van der Waals surface area contributed by atoms with Crippen molar-refractivity contribution < 1.29 is 0 Å². The molecule has 0 aromatic heterocycles. The summed E-state index contributed by atoms with van der Waals surface area (Å²) in [6.45, 7) is 10.6. The molecule has 0 N–H and O–H groups in total. The van der Waals surface area contributed by atoms with Crippen LogP contribution >= 0.6 is 11.8 Å². The normalized spacial score (nSPS) is 19.5. The highest BCUT2D eigenvalue weighted by Gasteiger charge is 2.19. The first-order valence-electron chi connectivity index (χ1n) is 7.32. The fourth-order valence-electron chi connectivity index (χ4n) is 2.61. The molecule has 0 amide bonds. The zero-order valence-corrected chi connectivity index (χ0v) is 13.2. The van der Waals surface area contributed by atoms with E-state index in [1.807, 2.05) is 11.8 Å². The molecule has 1 saturated heterocycles. The lowest BCUT2D eigenvalue weighted by Gasteiger charge is -2.37. The minimum atomic E-state index is 0.739. The summed E-state index contributed by atoms with van der Waals surface area (Å²) in [5.74, 6) is 0. The van der Waals surface area contributed by atoms with Gasteiger partial charge in [0.2, 0.25) is 0 Å². The number of thioether (sulfide) groups is 1. The van der Waals surface area contributed by atoms with E-state index in [1.54, 1.807) is 0 Å². The Bertz CT molecular complexity index is 369. The van der Waals surface area contributed by atoms with Crippen LogP contribution in [0.2, 0.25) is 0 Å². The maximum absolute atomic E-state index is 2.62. The van der Waals surface area contributed by atoms with Gasteiger partial charge in [-0.1, -0.05) is 19.1 Å². The van der Waals surface area contributed by atoms with Gasteiger partial charge in [-0.05, 0) is 37.3 Å². The molecule has 1 atom stereocenters. The SMILES string of the molecule is CC[C@@H](C)N1CCN(Cc2ccc(SC)cc2)CC1. The van der Waals surface area contributed by atoms with Gasteiger partial charge in [-0.2, -0.15) is 0 Å². The van der Waals surface area contributed by atoms with Crippen molar-refractivity contribution in [3.63, 3.8) is 0 Å². The highest BCUT2D eigenvalue weighted by atomic mass is 32.2. The third-order valence-electron chi connectivity index (χ3n) is 4.19. The Hall–Kier alpha value is -0.510. The first-order chi connectivity index (χ1) is 9.22. The summed E-state index contributed by atoms with van der Waals surface area (Å²) in [7, 11) is 0. The van der Waals surface area contributed by atoms with Crippen molar-refractivity contribution >= 4 is 11.8 Å². The summed E-state index contributed by atoms with van der Waals surface area (Å²) >= 11 is 1.81. The molecule has 0 radical (unpaired) electrons.